The Bertz CT molecular complexity index is 423. The highest BCUT2D eigenvalue weighted by Gasteiger charge is 2.13. The molecule has 1 atom stereocenters. The molecule has 0 fully saturated rings. The van der Waals surface area contributed by atoms with Crippen molar-refractivity contribution in [1.82, 2.24) is 0 Å². The van der Waals surface area contributed by atoms with E-state index in [1.807, 2.05) is 12.2 Å². The molecule has 23 heavy (non-hydrogen) atoms. The maximum absolute atomic E-state index is 11.7. The number of carboxylic acids is 1. The summed E-state index contributed by atoms with van der Waals surface area (Å²) in [5.41, 5.74) is 0. The van der Waals surface area contributed by atoms with Gasteiger partial charge in [-0.3, -0.25) is 9.59 Å². The number of carbonyl (C=O) groups excluding carboxylic acids is 2. The average molecular weight is 324 g/mol. The maximum atomic E-state index is 11.7. The van der Waals surface area contributed by atoms with E-state index in [9.17, 15) is 19.5 Å². The Morgan fingerprint density at radius 1 is 0.957 bits per heavy atom. The lowest BCUT2D eigenvalue weighted by atomic mass is 10.0. The zero-order chi connectivity index (χ0) is 17.5. The first-order chi connectivity index (χ1) is 11.0. The third-order valence-electron chi connectivity index (χ3n) is 3.40. The van der Waals surface area contributed by atoms with Gasteiger partial charge in [0.15, 0.2) is 5.78 Å². The molecule has 130 valence electrons. The fourth-order valence-corrected chi connectivity index (χ4v) is 2.02. The second-order valence-corrected chi connectivity index (χ2v) is 5.45. The molecule has 0 radical (unpaired) electrons. The number of carbonyl (C=O) groups is 3. The van der Waals surface area contributed by atoms with Gasteiger partial charge < -0.3 is 10.2 Å². The zero-order valence-electron chi connectivity index (χ0n) is 13.9. The van der Waals surface area contributed by atoms with Crippen LogP contribution in [0.4, 0.5) is 0 Å². The number of hydrogen-bond donors (Lipinski definition) is 2. The SMILES string of the molecule is CC/C=C\C/C=C\CC(=O)C(O)CCCCCCC(=O)C(=O)O. The highest BCUT2D eigenvalue weighted by atomic mass is 16.4. The summed E-state index contributed by atoms with van der Waals surface area (Å²) in [6.45, 7) is 2.06. The first-order valence-corrected chi connectivity index (χ1v) is 8.25. The number of aliphatic hydroxyl groups is 1. The minimum absolute atomic E-state index is 0.0497. The molecule has 0 bridgehead atoms. The Labute approximate surface area is 138 Å². The largest absolute Gasteiger partial charge is 0.476 e. The lowest BCUT2D eigenvalue weighted by Gasteiger charge is -2.07. The standard InChI is InChI=1S/C18H28O5/c1-2-3-4-5-6-9-12-15(19)16(20)13-10-7-8-11-14-17(21)18(22)23/h3-4,6,9,16,20H,2,5,7-8,10-14H2,1H3,(H,22,23)/b4-3-,9-6-. The van der Waals surface area contributed by atoms with Crippen molar-refractivity contribution in [2.75, 3.05) is 0 Å². The monoisotopic (exact) mass is 324 g/mol. The van der Waals surface area contributed by atoms with Gasteiger partial charge in [0.2, 0.25) is 5.78 Å². The van der Waals surface area contributed by atoms with E-state index in [0.29, 0.717) is 19.3 Å². The number of allylic oxidation sites excluding steroid dienone is 4. The second-order valence-electron chi connectivity index (χ2n) is 5.45. The predicted octanol–water partition coefficient (Wildman–Crippen LogP) is 3.21. The Morgan fingerprint density at radius 3 is 2.26 bits per heavy atom. The molecule has 0 aromatic carbocycles. The molecule has 0 aliphatic rings. The van der Waals surface area contributed by atoms with E-state index in [4.69, 9.17) is 5.11 Å². The van der Waals surface area contributed by atoms with Crippen LogP contribution in [0.3, 0.4) is 0 Å². The summed E-state index contributed by atoms with van der Waals surface area (Å²) in [7, 11) is 0. The van der Waals surface area contributed by atoms with E-state index in [2.05, 4.69) is 13.0 Å². The number of aliphatic hydroxyl groups excluding tert-OH is 1. The molecule has 0 heterocycles. The molecule has 5 heteroatoms. The second kappa shape index (κ2) is 13.9. The van der Waals surface area contributed by atoms with Gasteiger partial charge in [0, 0.05) is 12.8 Å². The molecule has 0 amide bonds. The minimum Gasteiger partial charge on any atom is -0.476 e. The molecule has 5 nitrogen and oxygen atoms in total. The first kappa shape index (κ1) is 21.2. The fourth-order valence-electron chi connectivity index (χ4n) is 2.02. The molecule has 0 saturated heterocycles. The van der Waals surface area contributed by atoms with Crippen LogP contribution in [0.1, 0.15) is 64.7 Å². The van der Waals surface area contributed by atoms with Crippen molar-refractivity contribution in [3.63, 3.8) is 0 Å². The Hall–Kier alpha value is -1.75. The maximum Gasteiger partial charge on any atom is 0.372 e. The molecule has 0 aromatic rings. The predicted molar refractivity (Wildman–Crippen MR) is 89.2 cm³/mol. The number of carboxylic acid groups (broad SMARTS) is 1. The summed E-state index contributed by atoms with van der Waals surface area (Å²) in [4.78, 5) is 32.9. The molecule has 0 rings (SSSR count). The Morgan fingerprint density at radius 2 is 1.61 bits per heavy atom. The van der Waals surface area contributed by atoms with Crippen molar-refractivity contribution in [2.24, 2.45) is 0 Å². The molecule has 0 saturated carbocycles. The highest BCUT2D eigenvalue weighted by molar-refractivity contribution is 6.32. The zero-order valence-corrected chi connectivity index (χ0v) is 13.9. The number of Topliss-reactive ketones (excluding diaryl/α,β-unsaturated/α-hetero) is 2. The summed E-state index contributed by atoms with van der Waals surface area (Å²) < 4.78 is 0. The van der Waals surface area contributed by atoms with Crippen LogP contribution < -0.4 is 0 Å². The van der Waals surface area contributed by atoms with Crippen molar-refractivity contribution in [1.29, 1.82) is 0 Å². The number of aliphatic carboxylic acids is 1. The van der Waals surface area contributed by atoms with Crippen molar-refractivity contribution in [3.8, 4) is 0 Å². The summed E-state index contributed by atoms with van der Waals surface area (Å²) in [5, 5.41) is 18.2. The van der Waals surface area contributed by atoms with Gasteiger partial charge >= 0.3 is 5.97 Å². The summed E-state index contributed by atoms with van der Waals surface area (Å²) >= 11 is 0. The van der Waals surface area contributed by atoms with Crippen molar-refractivity contribution in [2.45, 2.75) is 70.8 Å². The minimum atomic E-state index is -1.38. The molecule has 0 aliphatic carbocycles. The van der Waals surface area contributed by atoms with Crippen molar-refractivity contribution < 1.29 is 24.6 Å². The van der Waals surface area contributed by atoms with Crippen LogP contribution >= 0.6 is 0 Å². The van der Waals surface area contributed by atoms with Gasteiger partial charge in [0.05, 0.1) is 0 Å². The van der Waals surface area contributed by atoms with E-state index in [1.165, 1.54) is 0 Å². The van der Waals surface area contributed by atoms with Gasteiger partial charge in [-0.1, -0.05) is 50.5 Å². The molecule has 0 spiro atoms. The topological polar surface area (TPSA) is 91.7 Å². The number of unbranched alkanes of at least 4 members (excludes halogenated alkanes) is 3. The van der Waals surface area contributed by atoms with Crippen molar-refractivity contribution >= 4 is 17.5 Å². The van der Waals surface area contributed by atoms with E-state index in [1.54, 1.807) is 6.08 Å². The van der Waals surface area contributed by atoms with Crippen LogP contribution in [-0.4, -0.2) is 33.9 Å². The Kier molecular flexibility index (Phi) is 12.8. The van der Waals surface area contributed by atoms with Gasteiger partial charge in [-0.15, -0.1) is 0 Å². The van der Waals surface area contributed by atoms with Gasteiger partial charge in [-0.2, -0.15) is 0 Å². The van der Waals surface area contributed by atoms with E-state index in [0.717, 1.165) is 25.7 Å². The fraction of sp³-hybridized carbons (Fsp3) is 0.611. The third-order valence-corrected chi connectivity index (χ3v) is 3.40. The third kappa shape index (κ3) is 12.5. The molecule has 0 aromatic heterocycles. The van der Waals surface area contributed by atoms with Crippen LogP contribution in [-0.2, 0) is 14.4 Å². The van der Waals surface area contributed by atoms with E-state index >= 15 is 0 Å². The lowest BCUT2D eigenvalue weighted by Crippen LogP contribution is -2.19. The van der Waals surface area contributed by atoms with Gasteiger partial charge in [-0.05, 0) is 25.7 Å². The molecule has 2 N–H and O–H groups in total. The van der Waals surface area contributed by atoms with E-state index in [-0.39, 0.29) is 18.6 Å². The molecular weight excluding hydrogens is 296 g/mol. The normalized spacial score (nSPS) is 12.8. The van der Waals surface area contributed by atoms with Crippen molar-refractivity contribution in [3.05, 3.63) is 24.3 Å². The summed E-state index contributed by atoms with van der Waals surface area (Å²) in [5.74, 6) is -2.33. The number of rotatable bonds is 14. The van der Waals surface area contributed by atoms with Crippen LogP contribution in [0.5, 0.6) is 0 Å². The average Bonchev–Trinajstić information content (AvgIpc) is 2.53. The van der Waals surface area contributed by atoms with Gasteiger partial charge in [0.1, 0.15) is 6.10 Å². The van der Waals surface area contributed by atoms with Crippen LogP contribution in [0.25, 0.3) is 0 Å². The molecule has 0 aliphatic heterocycles. The molecule has 1 unspecified atom stereocenters. The summed E-state index contributed by atoms with van der Waals surface area (Å²) in [6, 6.07) is 0. The van der Waals surface area contributed by atoms with Crippen LogP contribution in [0, 0.1) is 0 Å². The number of hydrogen-bond acceptors (Lipinski definition) is 4. The van der Waals surface area contributed by atoms with Crippen LogP contribution in [0.15, 0.2) is 24.3 Å². The smallest absolute Gasteiger partial charge is 0.372 e. The van der Waals surface area contributed by atoms with E-state index < -0.39 is 17.9 Å². The van der Waals surface area contributed by atoms with Gasteiger partial charge in [-0.25, -0.2) is 4.79 Å². The quantitative estimate of drug-likeness (QED) is 0.291. The first-order valence-electron chi connectivity index (χ1n) is 8.25. The molecular formula is C18H28O5. The lowest BCUT2D eigenvalue weighted by molar-refractivity contribution is -0.149. The Balaban J connectivity index is 3.66. The highest BCUT2D eigenvalue weighted by Crippen LogP contribution is 2.09. The number of ketones is 2. The van der Waals surface area contributed by atoms with Crippen LogP contribution in [0.2, 0.25) is 0 Å². The summed E-state index contributed by atoms with van der Waals surface area (Å²) in [6.07, 6.45) is 12.1. The van der Waals surface area contributed by atoms with Gasteiger partial charge in [0.25, 0.3) is 0 Å².